The van der Waals surface area contributed by atoms with Crippen LogP contribution in [0.1, 0.15) is 50.2 Å². The lowest BCUT2D eigenvalue weighted by Gasteiger charge is -2.21. The fourth-order valence-corrected chi connectivity index (χ4v) is 3.99. The third kappa shape index (κ3) is 8.15. The number of nitrogens with one attached hydrogen (secondary N) is 2. The molecule has 0 spiro atoms. The SMILES string of the molecule is CCNC(=NCc1ccccc1CN1CCCC1=O)NCCCOCC1CCOCC1. The molecule has 3 rings (SSSR count). The summed E-state index contributed by atoms with van der Waals surface area (Å²) in [6.07, 6.45) is 4.81. The van der Waals surface area contributed by atoms with Crippen molar-refractivity contribution in [2.45, 2.75) is 52.1 Å². The summed E-state index contributed by atoms with van der Waals surface area (Å²) in [5.74, 6) is 1.72. The molecule has 1 aromatic carbocycles. The molecule has 2 heterocycles. The molecule has 7 nitrogen and oxygen atoms in total. The zero-order valence-electron chi connectivity index (χ0n) is 18.9. The van der Waals surface area contributed by atoms with E-state index in [1.54, 1.807) is 0 Å². The van der Waals surface area contributed by atoms with Crippen LogP contribution < -0.4 is 10.6 Å². The monoisotopic (exact) mass is 430 g/mol. The zero-order chi connectivity index (χ0) is 21.7. The van der Waals surface area contributed by atoms with E-state index in [4.69, 9.17) is 14.5 Å². The number of benzene rings is 1. The Balaban J connectivity index is 1.42. The molecule has 0 aliphatic carbocycles. The fraction of sp³-hybridized carbons (Fsp3) is 0.667. The van der Waals surface area contributed by atoms with E-state index in [-0.39, 0.29) is 5.91 Å². The molecule has 7 heteroatoms. The maximum Gasteiger partial charge on any atom is 0.222 e. The molecule has 0 radical (unpaired) electrons. The van der Waals surface area contributed by atoms with Crippen molar-refractivity contribution in [2.24, 2.45) is 10.9 Å². The largest absolute Gasteiger partial charge is 0.381 e. The van der Waals surface area contributed by atoms with Gasteiger partial charge in [0.15, 0.2) is 5.96 Å². The summed E-state index contributed by atoms with van der Waals surface area (Å²) in [6, 6.07) is 8.28. The summed E-state index contributed by atoms with van der Waals surface area (Å²) in [7, 11) is 0. The number of guanidine groups is 1. The zero-order valence-corrected chi connectivity index (χ0v) is 18.9. The minimum Gasteiger partial charge on any atom is -0.381 e. The standard InChI is InChI=1S/C24H38N4O3/c1-2-25-24(26-12-6-14-31-19-20-10-15-30-16-11-20)27-17-21-7-3-4-8-22(21)18-28-13-5-9-23(28)29/h3-4,7-8,20H,2,5-6,9-19H2,1H3,(H2,25,26,27). The van der Waals surface area contributed by atoms with E-state index in [2.05, 4.69) is 29.7 Å². The Bertz CT molecular complexity index is 704. The molecule has 0 aromatic heterocycles. The van der Waals surface area contributed by atoms with Gasteiger partial charge in [-0.15, -0.1) is 0 Å². The van der Waals surface area contributed by atoms with Crippen molar-refractivity contribution < 1.29 is 14.3 Å². The van der Waals surface area contributed by atoms with Crippen LogP contribution in [-0.2, 0) is 27.4 Å². The second kappa shape index (κ2) is 13.3. The molecule has 31 heavy (non-hydrogen) atoms. The molecule has 1 amide bonds. The van der Waals surface area contributed by atoms with Gasteiger partial charge in [0.25, 0.3) is 0 Å². The number of amides is 1. The van der Waals surface area contributed by atoms with E-state index in [0.717, 1.165) is 77.7 Å². The number of rotatable bonds is 11. The number of ether oxygens (including phenoxy) is 2. The van der Waals surface area contributed by atoms with E-state index in [0.29, 0.717) is 25.4 Å². The van der Waals surface area contributed by atoms with Crippen LogP contribution in [0, 0.1) is 5.92 Å². The molecule has 2 N–H and O–H groups in total. The molecule has 0 saturated carbocycles. The predicted molar refractivity (Wildman–Crippen MR) is 123 cm³/mol. The molecule has 0 unspecified atom stereocenters. The van der Waals surface area contributed by atoms with Crippen LogP contribution >= 0.6 is 0 Å². The van der Waals surface area contributed by atoms with Crippen molar-refractivity contribution in [3.63, 3.8) is 0 Å². The highest BCUT2D eigenvalue weighted by atomic mass is 16.5. The minimum atomic E-state index is 0.257. The number of hydrogen-bond acceptors (Lipinski definition) is 4. The lowest BCUT2D eigenvalue weighted by molar-refractivity contribution is -0.128. The second-order valence-corrected chi connectivity index (χ2v) is 8.29. The van der Waals surface area contributed by atoms with Gasteiger partial charge in [-0.1, -0.05) is 24.3 Å². The predicted octanol–water partition coefficient (Wildman–Crippen LogP) is 2.70. The van der Waals surface area contributed by atoms with Gasteiger partial charge in [-0.2, -0.15) is 0 Å². The van der Waals surface area contributed by atoms with Gasteiger partial charge in [-0.05, 0) is 49.7 Å². The van der Waals surface area contributed by atoms with Crippen LogP contribution in [0.25, 0.3) is 0 Å². The summed E-state index contributed by atoms with van der Waals surface area (Å²) in [5, 5.41) is 6.72. The molecular weight excluding hydrogens is 392 g/mol. The summed E-state index contributed by atoms with van der Waals surface area (Å²) in [4.78, 5) is 18.7. The molecule has 172 valence electrons. The average Bonchev–Trinajstić information content (AvgIpc) is 3.20. The smallest absolute Gasteiger partial charge is 0.222 e. The van der Waals surface area contributed by atoms with Crippen molar-refractivity contribution in [3.05, 3.63) is 35.4 Å². The number of aliphatic imine (C=N–C) groups is 1. The van der Waals surface area contributed by atoms with Gasteiger partial charge in [-0.25, -0.2) is 4.99 Å². The molecule has 2 aliphatic heterocycles. The Labute approximate surface area is 186 Å². The maximum absolute atomic E-state index is 12.0. The Morgan fingerprint density at radius 3 is 2.77 bits per heavy atom. The molecular formula is C24H38N4O3. The summed E-state index contributed by atoms with van der Waals surface area (Å²) >= 11 is 0. The van der Waals surface area contributed by atoms with E-state index in [9.17, 15) is 4.79 Å². The van der Waals surface area contributed by atoms with E-state index in [1.807, 2.05) is 17.0 Å². The topological polar surface area (TPSA) is 75.2 Å². The lowest BCUT2D eigenvalue weighted by Crippen LogP contribution is -2.38. The number of nitrogens with zero attached hydrogens (tertiary/aromatic N) is 2. The van der Waals surface area contributed by atoms with Crippen LogP contribution in [-0.4, -0.2) is 62.8 Å². The van der Waals surface area contributed by atoms with Crippen molar-refractivity contribution in [1.82, 2.24) is 15.5 Å². The van der Waals surface area contributed by atoms with Gasteiger partial charge >= 0.3 is 0 Å². The Morgan fingerprint density at radius 1 is 1.23 bits per heavy atom. The first-order valence-corrected chi connectivity index (χ1v) is 11.8. The van der Waals surface area contributed by atoms with E-state index in [1.165, 1.54) is 11.1 Å². The van der Waals surface area contributed by atoms with Crippen LogP contribution in [0.15, 0.2) is 29.3 Å². The van der Waals surface area contributed by atoms with Gasteiger partial charge < -0.3 is 25.0 Å². The Morgan fingerprint density at radius 2 is 2.03 bits per heavy atom. The lowest BCUT2D eigenvalue weighted by atomic mass is 10.0. The van der Waals surface area contributed by atoms with E-state index < -0.39 is 0 Å². The third-order valence-electron chi connectivity index (χ3n) is 5.86. The Kier molecular flexibility index (Phi) is 10.1. The quantitative estimate of drug-likeness (QED) is 0.321. The van der Waals surface area contributed by atoms with Crippen LogP contribution in [0.2, 0.25) is 0 Å². The van der Waals surface area contributed by atoms with Crippen LogP contribution in [0.5, 0.6) is 0 Å². The highest BCUT2D eigenvalue weighted by molar-refractivity contribution is 5.79. The van der Waals surface area contributed by atoms with Gasteiger partial charge in [0, 0.05) is 59.0 Å². The first-order chi connectivity index (χ1) is 15.3. The highest BCUT2D eigenvalue weighted by Gasteiger charge is 2.20. The van der Waals surface area contributed by atoms with E-state index >= 15 is 0 Å². The number of carbonyl (C=O) groups is 1. The van der Waals surface area contributed by atoms with Gasteiger partial charge in [0.1, 0.15) is 0 Å². The molecule has 0 bridgehead atoms. The first kappa shape index (κ1) is 23.5. The third-order valence-corrected chi connectivity index (χ3v) is 5.86. The van der Waals surface area contributed by atoms with Crippen molar-refractivity contribution in [3.8, 4) is 0 Å². The normalized spacial score (nSPS) is 17.9. The summed E-state index contributed by atoms with van der Waals surface area (Å²) < 4.78 is 11.2. The van der Waals surface area contributed by atoms with Crippen LogP contribution in [0.4, 0.5) is 0 Å². The molecule has 2 saturated heterocycles. The second-order valence-electron chi connectivity index (χ2n) is 8.29. The van der Waals surface area contributed by atoms with Gasteiger partial charge in [0.05, 0.1) is 6.54 Å². The fourth-order valence-electron chi connectivity index (χ4n) is 3.99. The average molecular weight is 431 g/mol. The van der Waals surface area contributed by atoms with Crippen molar-refractivity contribution in [2.75, 3.05) is 46.1 Å². The van der Waals surface area contributed by atoms with Gasteiger partial charge in [0.2, 0.25) is 5.91 Å². The molecule has 2 aliphatic rings. The van der Waals surface area contributed by atoms with Crippen molar-refractivity contribution >= 4 is 11.9 Å². The maximum atomic E-state index is 12.0. The number of hydrogen-bond donors (Lipinski definition) is 2. The number of carbonyl (C=O) groups excluding carboxylic acids is 1. The van der Waals surface area contributed by atoms with Crippen LogP contribution in [0.3, 0.4) is 0 Å². The summed E-state index contributed by atoms with van der Waals surface area (Å²) in [5.41, 5.74) is 2.35. The molecule has 0 atom stereocenters. The molecule has 1 aromatic rings. The first-order valence-electron chi connectivity index (χ1n) is 11.8. The van der Waals surface area contributed by atoms with Crippen molar-refractivity contribution in [1.29, 1.82) is 0 Å². The highest BCUT2D eigenvalue weighted by Crippen LogP contribution is 2.18. The summed E-state index contributed by atoms with van der Waals surface area (Å²) in [6.45, 7) is 9.18. The Hall–Kier alpha value is -2.12. The van der Waals surface area contributed by atoms with Gasteiger partial charge in [-0.3, -0.25) is 4.79 Å². The number of likely N-dealkylation sites (tertiary alicyclic amines) is 1. The molecule has 2 fully saturated rings. The minimum absolute atomic E-state index is 0.257.